The van der Waals surface area contributed by atoms with E-state index in [1.165, 1.54) is 12.1 Å². The number of aromatic hydroxyl groups is 1. The van der Waals surface area contributed by atoms with Crippen LogP contribution in [0.1, 0.15) is 5.89 Å². The van der Waals surface area contributed by atoms with E-state index >= 15 is 0 Å². The van der Waals surface area contributed by atoms with E-state index in [0.29, 0.717) is 17.3 Å². The van der Waals surface area contributed by atoms with Crippen LogP contribution in [0.2, 0.25) is 0 Å². The molecule has 102 valence electrons. The van der Waals surface area contributed by atoms with Crippen molar-refractivity contribution in [3.8, 4) is 17.1 Å². The molecule has 19 heavy (non-hydrogen) atoms. The van der Waals surface area contributed by atoms with Gasteiger partial charge in [-0.3, -0.25) is 0 Å². The van der Waals surface area contributed by atoms with Gasteiger partial charge < -0.3 is 14.4 Å². The van der Waals surface area contributed by atoms with Crippen molar-refractivity contribution in [1.29, 1.82) is 0 Å². The van der Waals surface area contributed by atoms with E-state index in [4.69, 9.17) is 14.4 Å². The summed E-state index contributed by atoms with van der Waals surface area (Å²) in [7, 11) is 0. The summed E-state index contributed by atoms with van der Waals surface area (Å²) >= 11 is 0. The zero-order valence-corrected chi connectivity index (χ0v) is 9.92. The number of phenols is 1. The second-order valence-corrected chi connectivity index (χ2v) is 3.77. The average molecular weight is 270 g/mol. The molecule has 1 aromatic heterocycles. The number of alkyl halides is 2. The van der Waals surface area contributed by atoms with Crippen molar-refractivity contribution in [3.05, 3.63) is 30.2 Å². The Kier molecular flexibility index (Phi) is 4.40. The van der Waals surface area contributed by atoms with Crippen molar-refractivity contribution in [1.82, 2.24) is 10.1 Å². The Hall–Kier alpha value is -2.02. The number of phenolic OH excluding ortho intramolecular Hbond substituents is 1. The van der Waals surface area contributed by atoms with Crippen molar-refractivity contribution >= 4 is 0 Å². The minimum Gasteiger partial charge on any atom is -0.508 e. The van der Waals surface area contributed by atoms with Crippen molar-refractivity contribution < 1.29 is 23.1 Å². The highest BCUT2D eigenvalue weighted by Crippen LogP contribution is 2.19. The number of hydrogen-bond donors (Lipinski definition) is 1. The lowest BCUT2D eigenvalue weighted by molar-refractivity contribution is 0.0171. The van der Waals surface area contributed by atoms with Crippen LogP contribution < -0.4 is 0 Å². The van der Waals surface area contributed by atoms with Crippen LogP contribution in [0.25, 0.3) is 11.4 Å². The highest BCUT2D eigenvalue weighted by atomic mass is 19.3. The van der Waals surface area contributed by atoms with Crippen LogP contribution in [0, 0.1) is 0 Å². The molecular formula is C12H12F2N2O3. The molecule has 0 saturated heterocycles. The van der Waals surface area contributed by atoms with Crippen LogP contribution in [0.3, 0.4) is 0 Å². The lowest BCUT2D eigenvalue weighted by Crippen LogP contribution is -2.07. The van der Waals surface area contributed by atoms with Gasteiger partial charge in [-0.1, -0.05) is 5.16 Å². The number of hydrogen-bond acceptors (Lipinski definition) is 5. The molecule has 0 bridgehead atoms. The van der Waals surface area contributed by atoms with Crippen LogP contribution in [-0.2, 0) is 11.2 Å². The predicted octanol–water partition coefficient (Wildman–Crippen LogP) is 2.27. The fourth-order valence-electron chi connectivity index (χ4n) is 1.42. The van der Waals surface area contributed by atoms with Crippen molar-refractivity contribution in [3.63, 3.8) is 0 Å². The van der Waals surface area contributed by atoms with E-state index in [2.05, 4.69) is 10.1 Å². The Bertz CT molecular complexity index is 514. The summed E-state index contributed by atoms with van der Waals surface area (Å²) in [6.07, 6.45) is -2.20. The minimum atomic E-state index is -2.48. The molecule has 2 rings (SSSR count). The molecule has 5 nitrogen and oxygen atoms in total. The van der Waals surface area contributed by atoms with Crippen LogP contribution in [0.15, 0.2) is 28.8 Å². The molecule has 2 aromatic rings. The zero-order valence-electron chi connectivity index (χ0n) is 9.92. The Morgan fingerprint density at radius 3 is 2.68 bits per heavy atom. The fourth-order valence-corrected chi connectivity index (χ4v) is 1.42. The minimum absolute atomic E-state index is 0.0988. The summed E-state index contributed by atoms with van der Waals surface area (Å²) in [6, 6.07) is 6.32. The van der Waals surface area contributed by atoms with Gasteiger partial charge in [0, 0.05) is 5.56 Å². The number of ether oxygens (including phenoxy) is 1. The monoisotopic (exact) mass is 270 g/mol. The summed E-state index contributed by atoms with van der Waals surface area (Å²) in [6.45, 7) is -0.499. The first kappa shape index (κ1) is 13.4. The van der Waals surface area contributed by atoms with Crippen LogP contribution in [-0.4, -0.2) is 34.9 Å². The molecule has 0 fully saturated rings. The zero-order chi connectivity index (χ0) is 13.7. The third-order valence-electron chi connectivity index (χ3n) is 2.30. The van der Waals surface area contributed by atoms with Crippen molar-refractivity contribution in [2.75, 3.05) is 13.2 Å². The number of aromatic nitrogens is 2. The number of benzene rings is 1. The molecule has 0 saturated carbocycles. The summed E-state index contributed by atoms with van der Waals surface area (Å²) in [5.74, 6) is 0.842. The molecule has 1 N–H and O–H groups in total. The summed E-state index contributed by atoms with van der Waals surface area (Å²) in [4.78, 5) is 4.10. The first-order valence-electron chi connectivity index (χ1n) is 5.63. The average Bonchev–Trinajstić information content (AvgIpc) is 2.84. The molecule has 1 aromatic carbocycles. The molecule has 0 aliphatic heterocycles. The van der Waals surface area contributed by atoms with Gasteiger partial charge in [0.2, 0.25) is 11.7 Å². The molecule has 0 aliphatic rings. The van der Waals surface area contributed by atoms with E-state index < -0.39 is 13.0 Å². The van der Waals surface area contributed by atoms with Crippen LogP contribution >= 0.6 is 0 Å². The topological polar surface area (TPSA) is 68.4 Å². The standard InChI is InChI=1S/C12H12F2N2O3/c13-10(14)7-18-6-5-11-15-12(16-19-11)8-1-3-9(17)4-2-8/h1-4,10,17H,5-7H2. The summed E-state index contributed by atoms with van der Waals surface area (Å²) in [5, 5.41) is 12.9. The predicted molar refractivity (Wildman–Crippen MR) is 61.9 cm³/mol. The normalized spacial score (nSPS) is 11.1. The summed E-state index contributed by atoms with van der Waals surface area (Å²) < 4.78 is 33.3. The maximum Gasteiger partial charge on any atom is 0.261 e. The largest absolute Gasteiger partial charge is 0.508 e. The highest BCUT2D eigenvalue weighted by molar-refractivity contribution is 5.55. The van der Waals surface area contributed by atoms with Gasteiger partial charge in [0.15, 0.2) is 0 Å². The SMILES string of the molecule is Oc1ccc(-c2noc(CCOCC(F)F)n2)cc1. The molecule has 0 atom stereocenters. The van der Waals surface area contributed by atoms with Gasteiger partial charge in [-0.05, 0) is 24.3 Å². The molecule has 0 amide bonds. The van der Waals surface area contributed by atoms with Gasteiger partial charge in [-0.2, -0.15) is 4.98 Å². The summed E-state index contributed by atoms with van der Waals surface area (Å²) in [5.41, 5.74) is 0.696. The number of rotatable bonds is 6. The smallest absolute Gasteiger partial charge is 0.261 e. The van der Waals surface area contributed by atoms with Gasteiger partial charge in [0.25, 0.3) is 6.43 Å². The molecule has 0 radical (unpaired) electrons. The van der Waals surface area contributed by atoms with E-state index in [1.54, 1.807) is 12.1 Å². The van der Waals surface area contributed by atoms with Gasteiger partial charge in [-0.25, -0.2) is 8.78 Å². The lowest BCUT2D eigenvalue weighted by Gasteiger charge is -1.99. The lowest BCUT2D eigenvalue weighted by atomic mass is 10.2. The Morgan fingerprint density at radius 2 is 2.00 bits per heavy atom. The maximum absolute atomic E-state index is 11.8. The Morgan fingerprint density at radius 1 is 1.26 bits per heavy atom. The molecule has 0 aliphatic carbocycles. The Balaban J connectivity index is 1.90. The third kappa shape index (κ3) is 3.99. The molecule has 0 spiro atoms. The van der Waals surface area contributed by atoms with Gasteiger partial charge >= 0.3 is 0 Å². The van der Waals surface area contributed by atoms with Crippen LogP contribution in [0.4, 0.5) is 8.78 Å². The van der Waals surface area contributed by atoms with E-state index in [1.807, 2.05) is 0 Å². The van der Waals surface area contributed by atoms with Crippen molar-refractivity contribution in [2.24, 2.45) is 0 Å². The van der Waals surface area contributed by atoms with Gasteiger partial charge in [-0.15, -0.1) is 0 Å². The van der Waals surface area contributed by atoms with Crippen molar-refractivity contribution in [2.45, 2.75) is 12.8 Å². The molecule has 0 unspecified atom stereocenters. The second kappa shape index (κ2) is 6.24. The number of halogens is 2. The van der Waals surface area contributed by atoms with Crippen LogP contribution in [0.5, 0.6) is 5.75 Å². The van der Waals surface area contributed by atoms with E-state index in [9.17, 15) is 8.78 Å². The third-order valence-corrected chi connectivity index (χ3v) is 2.30. The quantitative estimate of drug-likeness (QED) is 0.815. The number of nitrogens with zero attached hydrogens (tertiary/aromatic N) is 2. The van der Waals surface area contributed by atoms with E-state index in [0.717, 1.165) is 0 Å². The second-order valence-electron chi connectivity index (χ2n) is 3.77. The molecule has 7 heteroatoms. The first-order valence-corrected chi connectivity index (χ1v) is 5.63. The molecule has 1 heterocycles. The van der Waals surface area contributed by atoms with Gasteiger partial charge in [0.05, 0.1) is 13.0 Å². The van der Waals surface area contributed by atoms with Gasteiger partial charge in [0.1, 0.15) is 12.4 Å². The maximum atomic E-state index is 11.8. The highest BCUT2D eigenvalue weighted by Gasteiger charge is 2.09. The van der Waals surface area contributed by atoms with E-state index in [-0.39, 0.29) is 18.8 Å². The first-order chi connectivity index (χ1) is 9.15. The Labute approximate surface area is 107 Å². The fraction of sp³-hybridized carbons (Fsp3) is 0.333. The molecular weight excluding hydrogens is 258 g/mol.